The molecule has 20 heavy (non-hydrogen) atoms. The molecule has 0 aliphatic carbocycles. The molecule has 1 heterocycles. The fourth-order valence-electron chi connectivity index (χ4n) is 1.99. The van der Waals surface area contributed by atoms with E-state index >= 15 is 0 Å². The molecule has 4 heteroatoms. The van der Waals surface area contributed by atoms with Gasteiger partial charge in [-0.3, -0.25) is 4.90 Å². The molecule has 1 fully saturated rings. The number of aryl methyl sites for hydroxylation is 1. The first-order valence-electron chi connectivity index (χ1n) is 6.83. The zero-order valence-corrected chi connectivity index (χ0v) is 12.1. The van der Waals surface area contributed by atoms with Crippen molar-refractivity contribution in [2.45, 2.75) is 6.92 Å². The van der Waals surface area contributed by atoms with Crippen LogP contribution in [0.25, 0.3) is 0 Å². The van der Waals surface area contributed by atoms with Gasteiger partial charge in [0.15, 0.2) is 11.5 Å². The summed E-state index contributed by atoms with van der Waals surface area (Å²) >= 11 is 0. The Hall–Kier alpha value is -1.70. The van der Waals surface area contributed by atoms with Crippen molar-refractivity contribution in [3.05, 3.63) is 23.8 Å². The number of hydrogen-bond donors (Lipinski definition) is 0. The number of ether oxygens (including phenoxy) is 3. The maximum Gasteiger partial charge on any atom is 0.162 e. The van der Waals surface area contributed by atoms with E-state index in [4.69, 9.17) is 14.2 Å². The summed E-state index contributed by atoms with van der Waals surface area (Å²) in [7, 11) is 1.64. The highest BCUT2D eigenvalue weighted by atomic mass is 16.5. The molecule has 0 bridgehead atoms. The molecule has 0 spiro atoms. The number of benzene rings is 1. The lowest BCUT2D eigenvalue weighted by Gasteiger charge is -2.24. The van der Waals surface area contributed by atoms with E-state index in [-0.39, 0.29) is 0 Å². The fourth-order valence-corrected chi connectivity index (χ4v) is 1.99. The molecule has 1 saturated heterocycles. The highest BCUT2D eigenvalue weighted by Crippen LogP contribution is 2.27. The van der Waals surface area contributed by atoms with Crippen LogP contribution in [0.5, 0.6) is 11.5 Å². The second-order valence-corrected chi connectivity index (χ2v) is 4.69. The van der Waals surface area contributed by atoms with Gasteiger partial charge >= 0.3 is 0 Å². The Morgan fingerprint density at radius 2 is 2.00 bits per heavy atom. The van der Waals surface area contributed by atoms with Crippen LogP contribution in [0, 0.1) is 18.8 Å². The molecule has 1 aliphatic rings. The maximum absolute atomic E-state index is 5.63. The van der Waals surface area contributed by atoms with Crippen molar-refractivity contribution < 1.29 is 14.2 Å². The van der Waals surface area contributed by atoms with Crippen LogP contribution in [0.15, 0.2) is 18.2 Å². The molecule has 0 N–H and O–H groups in total. The lowest BCUT2D eigenvalue weighted by molar-refractivity contribution is 0.0443. The summed E-state index contributed by atoms with van der Waals surface area (Å²) in [6, 6.07) is 5.87. The normalized spacial score (nSPS) is 15.3. The van der Waals surface area contributed by atoms with Crippen molar-refractivity contribution in [1.29, 1.82) is 0 Å². The molecule has 0 unspecified atom stereocenters. The van der Waals surface area contributed by atoms with Gasteiger partial charge < -0.3 is 14.2 Å². The van der Waals surface area contributed by atoms with Gasteiger partial charge in [-0.1, -0.05) is 17.9 Å². The van der Waals surface area contributed by atoms with E-state index in [0.29, 0.717) is 6.61 Å². The summed E-state index contributed by atoms with van der Waals surface area (Å²) in [5.41, 5.74) is 1.15. The van der Waals surface area contributed by atoms with Crippen LogP contribution >= 0.6 is 0 Å². The van der Waals surface area contributed by atoms with Crippen LogP contribution in [-0.2, 0) is 4.74 Å². The number of morpholine rings is 1. The highest BCUT2D eigenvalue weighted by Gasteiger charge is 2.07. The molecular weight excluding hydrogens is 254 g/mol. The fraction of sp³-hybridized carbons (Fsp3) is 0.500. The van der Waals surface area contributed by atoms with Gasteiger partial charge in [0, 0.05) is 13.1 Å². The summed E-state index contributed by atoms with van der Waals surface area (Å²) < 4.78 is 16.2. The highest BCUT2D eigenvalue weighted by molar-refractivity contribution is 5.42. The predicted molar refractivity (Wildman–Crippen MR) is 78.3 cm³/mol. The third-order valence-electron chi connectivity index (χ3n) is 3.15. The minimum atomic E-state index is 0.379. The molecule has 0 radical (unpaired) electrons. The average molecular weight is 275 g/mol. The lowest BCUT2D eigenvalue weighted by atomic mass is 10.2. The van der Waals surface area contributed by atoms with E-state index in [2.05, 4.69) is 16.7 Å². The van der Waals surface area contributed by atoms with Crippen molar-refractivity contribution in [3.8, 4) is 23.3 Å². The van der Waals surface area contributed by atoms with Crippen LogP contribution < -0.4 is 9.47 Å². The molecule has 1 aromatic rings. The first kappa shape index (κ1) is 14.7. The van der Waals surface area contributed by atoms with Gasteiger partial charge in [0.05, 0.1) is 26.9 Å². The Kier molecular flexibility index (Phi) is 5.72. The summed E-state index contributed by atoms with van der Waals surface area (Å²) in [6.45, 7) is 6.70. The van der Waals surface area contributed by atoms with Crippen LogP contribution in [-0.4, -0.2) is 51.5 Å². The second kappa shape index (κ2) is 7.78. The van der Waals surface area contributed by atoms with Gasteiger partial charge in [-0.25, -0.2) is 0 Å². The van der Waals surface area contributed by atoms with E-state index in [1.54, 1.807) is 7.11 Å². The van der Waals surface area contributed by atoms with E-state index in [1.165, 1.54) is 0 Å². The first-order chi connectivity index (χ1) is 9.79. The Morgan fingerprint density at radius 3 is 2.75 bits per heavy atom. The van der Waals surface area contributed by atoms with E-state index < -0.39 is 0 Å². The van der Waals surface area contributed by atoms with Gasteiger partial charge in [0.1, 0.15) is 6.61 Å². The maximum atomic E-state index is 5.63. The Balaban J connectivity index is 1.78. The summed E-state index contributed by atoms with van der Waals surface area (Å²) in [4.78, 5) is 2.28. The lowest BCUT2D eigenvalue weighted by Crippen LogP contribution is -2.36. The van der Waals surface area contributed by atoms with Crippen molar-refractivity contribution in [2.75, 3.05) is 46.6 Å². The molecule has 1 aromatic carbocycles. The average Bonchev–Trinajstić information content (AvgIpc) is 2.49. The van der Waals surface area contributed by atoms with Gasteiger partial charge in [0.25, 0.3) is 0 Å². The van der Waals surface area contributed by atoms with Crippen molar-refractivity contribution in [1.82, 2.24) is 4.90 Å². The second-order valence-electron chi connectivity index (χ2n) is 4.69. The van der Waals surface area contributed by atoms with Crippen LogP contribution in [0.1, 0.15) is 5.56 Å². The smallest absolute Gasteiger partial charge is 0.162 e. The van der Waals surface area contributed by atoms with E-state index in [9.17, 15) is 0 Å². The number of rotatable bonds is 4. The molecule has 2 rings (SSSR count). The molecule has 0 amide bonds. The predicted octanol–water partition coefficient (Wildman–Crippen LogP) is 1.72. The summed E-state index contributed by atoms with van der Waals surface area (Å²) in [5.74, 6) is 7.65. The minimum Gasteiger partial charge on any atom is -0.493 e. The number of nitrogens with zero attached hydrogens (tertiary/aromatic N) is 1. The molecule has 1 aliphatic heterocycles. The molecule has 108 valence electrons. The quantitative estimate of drug-likeness (QED) is 0.783. The van der Waals surface area contributed by atoms with Crippen LogP contribution in [0.3, 0.4) is 0 Å². The van der Waals surface area contributed by atoms with Gasteiger partial charge in [-0.15, -0.1) is 0 Å². The SMILES string of the molecule is COc1cc(C)ccc1OCC#CCN1CCOCC1. The largest absolute Gasteiger partial charge is 0.493 e. The first-order valence-corrected chi connectivity index (χ1v) is 6.83. The van der Waals surface area contributed by atoms with Crippen molar-refractivity contribution in [3.63, 3.8) is 0 Å². The Labute approximate surface area is 120 Å². The minimum absolute atomic E-state index is 0.379. The zero-order valence-electron chi connectivity index (χ0n) is 12.1. The third-order valence-corrected chi connectivity index (χ3v) is 3.15. The molecular formula is C16H21NO3. The number of methoxy groups -OCH3 is 1. The third kappa shape index (κ3) is 4.44. The summed E-state index contributed by atoms with van der Waals surface area (Å²) in [6.07, 6.45) is 0. The van der Waals surface area contributed by atoms with Gasteiger partial charge in [-0.05, 0) is 24.6 Å². The van der Waals surface area contributed by atoms with Crippen LogP contribution in [0.2, 0.25) is 0 Å². The monoisotopic (exact) mass is 275 g/mol. The van der Waals surface area contributed by atoms with E-state index in [1.807, 2.05) is 25.1 Å². The van der Waals surface area contributed by atoms with Crippen molar-refractivity contribution >= 4 is 0 Å². The van der Waals surface area contributed by atoms with Gasteiger partial charge in [-0.2, -0.15) is 0 Å². The van der Waals surface area contributed by atoms with E-state index in [0.717, 1.165) is 49.9 Å². The standard InChI is InChI=1S/C16H21NO3/c1-14-5-6-15(16(13-14)18-2)20-10-4-3-7-17-8-11-19-12-9-17/h5-6,13H,7-12H2,1-2H3. The number of hydrogen-bond acceptors (Lipinski definition) is 4. The Morgan fingerprint density at radius 1 is 1.20 bits per heavy atom. The molecule has 0 aromatic heterocycles. The molecule has 0 saturated carbocycles. The Bertz CT molecular complexity index is 484. The molecule has 4 nitrogen and oxygen atoms in total. The van der Waals surface area contributed by atoms with Crippen molar-refractivity contribution in [2.24, 2.45) is 0 Å². The van der Waals surface area contributed by atoms with Crippen LogP contribution in [0.4, 0.5) is 0 Å². The summed E-state index contributed by atoms with van der Waals surface area (Å²) in [5, 5.41) is 0. The van der Waals surface area contributed by atoms with Gasteiger partial charge in [0.2, 0.25) is 0 Å². The topological polar surface area (TPSA) is 30.9 Å². The molecule has 0 atom stereocenters. The zero-order chi connectivity index (χ0) is 14.2.